The first-order valence-electron chi connectivity index (χ1n) is 7.01. The smallest absolute Gasteiger partial charge is 0.306 e. The summed E-state index contributed by atoms with van der Waals surface area (Å²) in [6, 6.07) is 1.83. The molecule has 0 radical (unpaired) electrons. The third kappa shape index (κ3) is 2.65. The van der Waals surface area contributed by atoms with Gasteiger partial charge in [-0.1, -0.05) is 20.8 Å². The van der Waals surface area contributed by atoms with E-state index in [1.807, 2.05) is 6.07 Å². The molecule has 2 N–H and O–H groups in total. The number of nitrogens with one attached hydrogen (secondary N) is 2. The molecule has 0 aliphatic heterocycles. The summed E-state index contributed by atoms with van der Waals surface area (Å²) in [6.07, 6.45) is 1.36. The monoisotopic (exact) mass is 332 g/mol. The SMILES string of the molecule is Cn1cc(-c2nc3sc(C(C)(C)C)cc3c(=O)[nH]2)c(=O)[nH]c1=O. The van der Waals surface area contributed by atoms with Crippen LogP contribution in [0.1, 0.15) is 25.6 Å². The van der Waals surface area contributed by atoms with E-state index in [-0.39, 0.29) is 22.4 Å². The molecule has 0 saturated heterocycles. The van der Waals surface area contributed by atoms with Gasteiger partial charge in [-0.15, -0.1) is 11.3 Å². The Morgan fingerprint density at radius 2 is 1.83 bits per heavy atom. The molecule has 0 aliphatic carbocycles. The summed E-state index contributed by atoms with van der Waals surface area (Å²) in [6.45, 7) is 6.18. The third-order valence-corrected chi connectivity index (χ3v) is 4.96. The highest BCUT2D eigenvalue weighted by atomic mass is 32.1. The van der Waals surface area contributed by atoms with Crippen LogP contribution in [-0.4, -0.2) is 19.5 Å². The van der Waals surface area contributed by atoms with Gasteiger partial charge in [0, 0.05) is 18.1 Å². The van der Waals surface area contributed by atoms with Crippen molar-refractivity contribution in [2.45, 2.75) is 26.2 Å². The van der Waals surface area contributed by atoms with Gasteiger partial charge in [0.2, 0.25) is 0 Å². The van der Waals surface area contributed by atoms with Crippen LogP contribution in [0.4, 0.5) is 0 Å². The maximum atomic E-state index is 12.3. The van der Waals surface area contributed by atoms with E-state index in [9.17, 15) is 14.4 Å². The molecule has 0 unspecified atom stereocenters. The van der Waals surface area contributed by atoms with Gasteiger partial charge in [0.05, 0.1) is 10.9 Å². The molecule has 3 rings (SSSR count). The zero-order valence-corrected chi connectivity index (χ0v) is 14.0. The topological polar surface area (TPSA) is 101 Å². The Morgan fingerprint density at radius 1 is 1.13 bits per heavy atom. The lowest BCUT2D eigenvalue weighted by Crippen LogP contribution is -2.29. The van der Waals surface area contributed by atoms with Crippen LogP contribution < -0.4 is 16.8 Å². The molecule has 3 heterocycles. The van der Waals surface area contributed by atoms with E-state index < -0.39 is 11.2 Å². The maximum Gasteiger partial charge on any atom is 0.328 e. The molecule has 3 aromatic heterocycles. The second-order valence-corrected chi connectivity index (χ2v) is 7.44. The van der Waals surface area contributed by atoms with E-state index in [4.69, 9.17) is 0 Å². The largest absolute Gasteiger partial charge is 0.328 e. The summed E-state index contributed by atoms with van der Waals surface area (Å²) in [7, 11) is 1.52. The second-order valence-electron chi connectivity index (χ2n) is 6.41. The van der Waals surface area contributed by atoms with E-state index >= 15 is 0 Å². The molecular formula is C15H16N4O3S. The lowest BCUT2D eigenvalue weighted by Gasteiger charge is -2.14. The van der Waals surface area contributed by atoms with E-state index in [0.29, 0.717) is 10.2 Å². The van der Waals surface area contributed by atoms with Gasteiger partial charge in [-0.2, -0.15) is 0 Å². The first kappa shape index (κ1) is 15.4. The van der Waals surface area contributed by atoms with Crippen LogP contribution in [-0.2, 0) is 12.5 Å². The van der Waals surface area contributed by atoms with Crippen LogP contribution in [0.25, 0.3) is 21.6 Å². The number of aryl methyl sites for hydroxylation is 1. The van der Waals surface area contributed by atoms with Gasteiger partial charge >= 0.3 is 5.69 Å². The average molecular weight is 332 g/mol. The van der Waals surface area contributed by atoms with Gasteiger partial charge in [0.1, 0.15) is 10.7 Å². The number of H-pyrrole nitrogens is 2. The molecule has 7 nitrogen and oxygen atoms in total. The number of aromatic nitrogens is 4. The van der Waals surface area contributed by atoms with Crippen LogP contribution in [0.15, 0.2) is 26.6 Å². The molecule has 23 heavy (non-hydrogen) atoms. The van der Waals surface area contributed by atoms with Crippen molar-refractivity contribution >= 4 is 21.6 Å². The summed E-state index contributed by atoms with van der Waals surface area (Å²) in [5, 5.41) is 0.505. The van der Waals surface area contributed by atoms with Gasteiger partial charge in [-0.3, -0.25) is 14.6 Å². The zero-order valence-electron chi connectivity index (χ0n) is 13.2. The minimum Gasteiger partial charge on any atom is -0.306 e. The van der Waals surface area contributed by atoms with Crippen molar-refractivity contribution in [1.82, 2.24) is 19.5 Å². The van der Waals surface area contributed by atoms with Gasteiger partial charge in [-0.05, 0) is 11.5 Å². The number of fused-ring (bicyclic) bond motifs is 1. The van der Waals surface area contributed by atoms with Gasteiger partial charge in [0.15, 0.2) is 0 Å². The predicted molar refractivity (Wildman–Crippen MR) is 90.2 cm³/mol. The van der Waals surface area contributed by atoms with E-state index in [1.54, 1.807) is 0 Å². The molecular weight excluding hydrogens is 316 g/mol. The fraction of sp³-hybridized carbons (Fsp3) is 0.333. The molecule has 3 aromatic rings. The summed E-state index contributed by atoms with van der Waals surface area (Å²) < 4.78 is 1.23. The van der Waals surface area contributed by atoms with E-state index in [2.05, 4.69) is 35.7 Å². The second kappa shape index (κ2) is 5.02. The third-order valence-electron chi connectivity index (χ3n) is 3.50. The van der Waals surface area contributed by atoms with Gasteiger partial charge < -0.3 is 9.55 Å². The molecule has 0 spiro atoms. The Hall–Kier alpha value is -2.48. The van der Waals surface area contributed by atoms with Crippen LogP contribution >= 0.6 is 11.3 Å². The zero-order chi connectivity index (χ0) is 16.9. The Balaban J connectivity index is 2.29. The van der Waals surface area contributed by atoms with Crippen molar-refractivity contribution in [1.29, 1.82) is 0 Å². The molecule has 0 aliphatic rings. The number of aromatic amines is 2. The van der Waals surface area contributed by atoms with Gasteiger partial charge in [-0.25, -0.2) is 9.78 Å². The molecule has 0 fully saturated rings. The van der Waals surface area contributed by atoms with Crippen molar-refractivity contribution in [3.63, 3.8) is 0 Å². The highest BCUT2D eigenvalue weighted by Crippen LogP contribution is 2.32. The number of thiophene rings is 1. The number of nitrogens with zero attached hydrogens (tertiary/aromatic N) is 2. The van der Waals surface area contributed by atoms with Crippen molar-refractivity contribution in [2.75, 3.05) is 0 Å². The summed E-state index contributed by atoms with van der Waals surface area (Å²) in [5.74, 6) is 0.154. The number of rotatable bonds is 1. The minimum atomic E-state index is -0.580. The van der Waals surface area contributed by atoms with Crippen LogP contribution in [0.3, 0.4) is 0 Å². The number of hydrogen-bond acceptors (Lipinski definition) is 5. The van der Waals surface area contributed by atoms with Crippen molar-refractivity contribution in [3.8, 4) is 11.4 Å². The maximum absolute atomic E-state index is 12.3. The Labute approximate surface area is 134 Å². The highest BCUT2D eigenvalue weighted by molar-refractivity contribution is 7.18. The molecule has 0 aromatic carbocycles. The molecule has 0 atom stereocenters. The van der Waals surface area contributed by atoms with Crippen LogP contribution in [0, 0.1) is 0 Å². The lowest BCUT2D eigenvalue weighted by molar-refractivity contribution is 0.604. The number of hydrogen-bond donors (Lipinski definition) is 2. The summed E-state index contributed by atoms with van der Waals surface area (Å²) in [5.41, 5.74) is -1.34. The van der Waals surface area contributed by atoms with Crippen molar-refractivity contribution in [3.05, 3.63) is 48.3 Å². The molecule has 120 valence electrons. The quantitative estimate of drug-likeness (QED) is 0.702. The van der Waals surface area contributed by atoms with Crippen molar-refractivity contribution in [2.24, 2.45) is 7.05 Å². The highest BCUT2D eigenvalue weighted by Gasteiger charge is 2.20. The standard InChI is InChI=1S/C15H16N4O3S/c1-15(2,3)9-5-7-11(20)16-10(17-13(7)23-9)8-6-19(4)14(22)18-12(8)21/h5-6H,1-4H3,(H,16,17,20)(H,18,21,22). The predicted octanol–water partition coefficient (Wildman–Crippen LogP) is 1.34. The first-order chi connectivity index (χ1) is 10.7. The molecule has 8 heteroatoms. The fourth-order valence-electron chi connectivity index (χ4n) is 2.16. The summed E-state index contributed by atoms with van der Waals surface area (Å²) in [4.78, 5) is 46.5. The Morgan fingerprint density at radius 3 is 2.48 bits per heavy atom. The minimum absolute atomic E-state index is 0.0912. The normalized spacial score (nSPS) is 12.0. The van der Waals surface area contributed by atoms with Crippen molar-refractivity contribution < 1.29 is 0 Å². The first-order valence-corrected chi connectivity index (χ1v) is 7.83. The van der Waals surface area contributed by atoms with Crippen LogP contribution in [0.5, 0.6) is 0 Å². The Kier molecular flexibility index (Phi) is 3.36. The lowest BCUT2D eigenvalue weighted by atomic mass is 9.94. The average Bonchev–Trinajstić information content (AvgIpc) is 2.87. The van der Waals surface area contributed by atoms with Gasteiger partial charge in [0.25, 0.3) is 11.1 Å². The summed E-state index contributed by atoms with van der Waals surface area (Å²) >= 11 is 1.43. The van der Waals surface area contributed by atoms with E-state index in [0.717, 1.165) is 4.88 Å². The van der Waals surface area contributed by atoms with Crippen LogP contribution in [0.2, 0.25) is 0 Å². The molecule has 0 bridgehead atoms. The fourth-order valence-corrected chi connectivity index (χ4v) is 3.25. The van der Waals surface area contributed by atoms with E-state index in [1.165, 1.54) is 29.1 Å². The molecule has 0 amide bonds. The Bertz CT molecular complexity index is 1080. The molecule has 0 saturated carbocycles.